The minimum atomic E-state index is -0.944. The predicted molar refractivity (Wildman–Crippen MR) is 176 cm³/mol. The standard InChI is InChI=1S/C38H35BO2/c1-37(2,40)38(3,4)41-39-30-19-13-17-28(25-30)27-16-12-18-29(24-27)36-33-22-10-8-20-31(33)35(26-14-6-5-7-15-26)32-21-9-11-23-34(32)36/h5-25,39-40H,1-4H3. The molecule has 2 nitrogen and oxygen atoms in total. The molecule has 6 rings (SSSR count). The fourth-order valence-corrected chi connectivity index (χ4v) is 5.49. The second kappa shape index (κ2) is 10.7. The van der Waals surface area contributed by atoms with Crippen molar-refractivity contribution in [2.24, 2.45) is 0 Å². The molecular formula is C38H35BO2. The summed E-state index contributed by atoms with van der Waals surface area (Å²) in [6.07, 6.45) is 0. The van der Waals surface area contributed by atoms with Crippen LogP contribution in [0.4, 0.5) is 0 Å². The van der Waals surface area contributed by atoms with E-state index in [2.05, 4.69) is 127 Å². The second-order valence-electron chi connectivity index (χ2n) is 11.8. The number of rotatable bonds is 7. The fourth-order valence-electron chi connectivity index (χ4n) is 5.49. The number of hydrogen-bond donors (Lipinski definition) is 1. The van der Waals surface area contributed by atoms with E-state index in [0.717, 1.165) is 16.6 Å². The van der Waals surface area contributed by atoms with Crippen LogP contribution in [0.15, 0.2) is 127 Å². The van der Waals surface area contributed by atoms with Crippen molar-refractivity contribution in [2.75, 3.05) is 0 Å². The van der Waals surface area contributed by atoms with Gasteiger partial charge in [0.15, 0.2) is 0 Å². The smallest absolute Gasteiger partial charge is 0.309 e. The van der Waals surface area contributed by atoms with Crippen molar-refractivity contribution >= 4 is 34.5 Å². The van der Waals surface area contributed by atoms with E-state index in [4.69, 9.17) is 4.65 Å². The Bertz CT molecular complexity index is 1790. The molecule has 3 heteroatoms. The van der Waals surface area contributed by atoms with Gasteiger partial charge in [0.2, 0.25) is 0 Å². The molecule has 1 N–H and O–H groups in total. The highest BCUT2D eigenvalue weighted by atomic mass is 16.5. The van der Waals surface area contributed by atoms with E-state index >= 15 is 0 Å². The van der Waals surface area contributed by atoms with Gasteiger partial charge in [0.05, 0.1) is 11.2 Å². The Kier molecular flexibility index (Phi) is 7.03. The van der Waals surface area contributed by atoms with Crippen LogP contribution >= 0.6 is 0 Å². The predicted octanol–water partition coefficient (Wildman–Crippen LogP) is 8.54. The van der Waals surface area contributed by atoms with Crippen LogP contribution in [0, 0.1) is 0 Å². The Balaban J connectivity index is 1.47. The number of benzene rings is 6. The lowest BCUT2D eigenvalue weighted by Crippen LogP contribution is -2.49. The summed E-state index contributed by atoms with van der Waals surface area (Å²) in [6.45, 7) is 7.43. The third kappa shape index (κ3) is 5.20. The SMILES string of the molecule is CC(C)(O)C(C)(C)OBc1cccc(-c2cccc(-c3c4ccccc4c(-c4ccccc4)c4ccccc34)c2)c1. The highest BCUT2D eigenvalue weighted by molar-refractivity contribution is 6.47. The van der Waals surface area contributed by atoms with Crippen LogP contribution in [0.25, 0.3) is 54.9 Å². The van der Waals surface area contributed by atoms with Crippen LogP contribution in [0.5, 0.6) is 0 Å². The van der Waals surface area contributed by atoms with Crippen molar-refractivity contribution in [3.8, 4) is 33.4 Å². The zero-order valence-corrected chi connectivity index (χ0v) is 24.2. The molecule has 0 aliphatic heterocycles. The second-order valence-corrected chi connectivity index (χ2v) is 11.8. The van der Waals surface area contributed by atoms with E-state index < -0.39 is 11.2 Å². The van der Waals surface area contributed by atoms with Gasteiger partial charge in [0.1, 0.15) is 0 Å². The van der Waals surface area contributed by atoms with Gasteiger partial charge in [0.25, 0.3) is 0 Å². The van der Waals surface area contributed by atoms with Gasteiger partial charge in [-0.3, -0.25) is 0 Å². The third-order valence-corrected chi connectivity index (χ3v) is 8.48. The summed E-state index contributed by atoms with van der Waals surface area (Å²) < 4.78 is 6.16. The summed E-state index contributed by atoms with van der Waals surface area (Å²) in [5, 5.41) is 15.5. The summed E-state index contributed by atoms with van der Waals surface area (Å²) in [6, 6.07) is 45.6. The normalized spacial score (nSPS) is 12.1. The van der Waals surface area contributed by atoms with Gasteiger partial charge < -0.3 is 9.76 Å². The molecule has 0 atom stereocenters. The lowest BCUT2D eigenvalue weighted by atomic mass is 9.81. The molecule has 6 aromatic carbocycles. The first-order chi connectivity index (χ1) is 19.7. The molecule has 0 aliphatic rings. The monoisotopic (exact) mass is 534 g/mol. The molecule has 0 saturated heterocycles. The lowest BCUT2D eigenvalue weighted by molar-refractivity contribution is -0.0893. The van der Waals surface area contributed by atoms with E-state index in [1.165, 1.54) is 43.8 Å². The van der Waals surface area contributed by atoms with E-state index in [1.54, 1.807) is 13.8 Å². The molecule has 0 fully saturated rings. The maximum atomic E-state index is 10.5. The van der Waals surface area contributed by atoms with E-state index in [1.807, 2.05) is 13.8 Å². The largest absolute Gasteiger partial charge is 0.427 e. The van der Waals surface area contributed by atoms with E-state index in [0.29, 0.717) is 7.48 Å². The Morgan fingerprint density at radius 1 is 0.488 bits per heavy atom. The van der Waals surface area contributed by atoms with Gasteiger partial charge in [-0.15, -0.1) is 0 Å². The topological polar surface area (TPSA) is 29.5 Å². The number of hydrogen-bond acceptors (Lipinski definition) is 2. The summed E-state index contributed by atoms with van der Waals surface area (Å²) in [4.78, 5) is 0. The van der Waals surface area contributed by atoms with Crippen LogP contribution in [-0.4, -0.2) is 23.8 Å². The fraction of sp³-hybridized carbons (Fsp3) is 0.158. The zero-order chi connectivity index (χ0) is 28.6. The van der Waals surface area contributed by atoms with Gasteiger partial charge in [-0.1, -0.05) is 127 Å². The van der Waals surface area contributed by atoms with E-state index in [-0.39, 0.29) is 0 Å². The highest BCUT2D eigenvalue weighted by Crippen LogP contribution is 2.44. The average molecular weight is 535 g/mol. The summed E-state index contributed by atoms with van der Waals surface area (Å²) in [5.41, 5.74) is 6.72. The van der Waals surface area contributed by atoms with Gasteiger partial charge in [-0.25, -0.2) is 0 Å². The molecule has 0 spiro atoms. The van der Waals surface area contributed by atoms with Crippen molar-refractivity contribution in [1.82, 2.24) is 0 Å². The first-order valence-corrected chi connectivity index (χ1v) is 14.3. The summed E-state index contributed by atoms with van der Waals surface area (Å²) in [7, 11) is 0.431. The molecular weight excluding hydrogens is 499 g/mol. The summed E-state index contributed by atoms with van der Waals surface area (Å²) in [5.74, 6) is 0. The van der Waals surface area contributed by atoms with Crippen molar-refractivity contribution in [1.29, 1.82) is 0 Å². The molecule has 0 amide bonds. The molecule has 0 heterocycles. The van der Waals surface area contributed by atoms with Crippen LogP contribution in [-0.2, 0) is 4.65 Å². The van der Waals surface area contributed by atoms with Gasteiger partial charge in [0, 0.05) is 0 Å². The molecule has 0 aliphatic carbocycles. The molecule has 0 saturated carbocycles. The first-order valence-electron chi connectivity index (χ1n) is 14.3. The van der Waals surface area contributed by atoms with Crippen LogP contribution in [0.3, 0.4) is 0 Å². The molecule has 0 unspecified atom stereocenters. The third-order valence-electron chi connectivity index (χ3n) is 8.48. The maximum Gasteiger partial charge on any atom is 0.309 e. The number of fused-ring (bicyclic) bond motifs is 2. The zero-order valence-electron chi connectivity index (χ0n) is 24.2. The van der Waals surface area contributed by atoms with Crippen LogP contribution in [0.1, 0.15) is 27.7 Å². The Morgan fingerprint density at radius 3 is 1.49 bits per heavy atom. The van der Waals surface area contributed by atoms with Crippen LogP contribution in [0.2, 0.25) is 0 Å². The van der Waals surface area contributed by atoms with Crippen molar-refractivity contribution in [3.05, 3.63) is 127 Å². The Labute approximate surface area is 243 Å². The maximum absolute atomic E-state index is 10.5. The molecule has 202 valence electrons. The molecule has 41 heavy (non-hydrogen) atoms. The molecule has 6 aromatic rings. The minimum absolute atomic E-state index is 0.431. The van der Waals surface area contributed by atoms with Gasteiger partial charge in [-0.2, -0.15) is 0 Å². The van der Waals surface area contributed by atoms with Gasteiger partial charge >= 0.3 is 7.48 Å². The van der Waals surface area contributed by atoms with E-state index in [9.17, 15) is 5.11 Å². The molecule has 0 aromatic heterocycles. The molecule has 0 radical (unpaired) electrons. The van der Waals surface area contributed by atoms with Crippen LogP contribution < -0.4 is 5.46 Å². The minimum Gasteiger partial charge on any atom is -0.427 e. The lowest BCUT2D eigenvalue weighted by Gasteiger charge is -2.37. The first kappa shape index (κ1) is 27.0. The quantitative estimate of drug-likeness (QED) is 0.164. The summed E-state index contributed by atoms with van der Waals surface area (Å²) >= 11 is 0. The van der Waals surface area contributed by atoms with Crippen molar-refractivity contribution < 1.29 is 9.76 Å². The van der Waals surface area contributed by atoms with Gasteiger partial charge in [-0.05, 0) is 88.7 Å². The number of aliphatic hydroxyl groups is 1. The van der Waals surface area contributed by atoms with Crippen molar-refractivity contribution in [2.45, 2.75) is 38.9 Å². The van der Waals surface area contributed by atoms with Crippen molar-refractivity contribution in [3.63, 3.8) is 0 Å². The molecule has 0 bridgehead atoms. The average Bonchev–Trinajstić information content (AvgIpc) is 2.99. The highest BCUT2D eigenvalue weighted by Gasteiger charge is 2.35. The Hall–Kier alpha value is -4.18. The Morgan fingerprint density at radius 2 is 0.927 bits per heavy atom.